The number of fused-ring (bicyclic) bond motifs is 1. The van der Waals surface area contributed by atoms with Crippen molar-refractivity contribution in [2.24, 2.45) is 0 Å². The first-order valence-corrected chi connectivity index (χ1v) is 7.49. The Morgan fingerprint density at radius 2 is 2.14 bits per heavy atom. The fourth-order valence-corrected chi connectivity index (χ4v) is 2.67. The van der Waals surface area contributed by atoms with Crippen LogP contribution in [0.1, 0.15) is 12.2 Å². The van der Waals surface area contributed by atoms with Gasteiger partial charge in [0.1, 0.15) is 11.6 Å². The Kier molecular flexibility index (Phi) is 4.20. The van der Waals surface area contributed by atoms with Crippen LogP contribution < -0.4 is 0 Å². The zero-order chi connectivity index (χ0) is 14.7. The van der Waals surface area contributed by atoms with E-state index in [9.17, 15) is 4.39 Å². The van der Waals surface area contributed by atoms with Crippen molar-refractivity contribution < 1.29 is 4.39 Å². The summed E-state index contributed by atoms with van der Waals surface area (Å²) in [7, 11) is 0. The van der Waals surface area contributed by atoms with E-state index in [1.165, 1.54) is 12.1 Å². The van der Waals surface area contributed by atoms with Gasteiger partial charge in [0.05, 0.1) is 11.0 Å². The Hall–Kier alpha value is -1.88. The normalized spacial score (nSPS) is 11.3. The molecule has 3 rings (SSSR count). The molecule has 0 bridgehead atoms. The Bertz CT molecular complexity index is 721. The molecule has 0 spiro atoms. The molecule has 0 saturated heterocycles. The first kappa shape index (κ1) is 14.1. The summed E-state index contributed by atoms with van der Waals surface area (Å²) in [6.07, 6.45) is 5.33. The zero-order valence-corrected chi connectivity index (χ0v) is 12.3. The zero-order valence-electron chi connectivity index (χ0n) is 11.5. The van der Waals surface area contributed by atoms with Crippen LogP contribution in [0, 0.1) is 5.82 Å². The summed E-state index contributed by atoms with van der Waals surface area (Å²) in [6.45, 7) is 1.66. The van der Waals surface area contributed by atoms with Gasteiger partial charge in [-0.25, -0.2) is 9.37 Å². The second kappa shape index (κ2) is 6.26. The van der Waals surface area contributed by atoms with Crippen LogP contribution in [0.3, 0.4) is 0 Å². The van der Waals surface area contributed by atoms with Gasteiger partial charge in [0.2, 0.25) is 0 Å². The third-order valence-corrected chi connectivity index (χ3v) is 3.62. The van der Waals surface area contributed by atoms with Crippen molar-refractivity contribution in [3.8, 4) is 0 Å². The fraction of sp³-hybridized carbons (Fsp3) is 0.333. The van der Waals surface area contributed by atoms with Crippen LogP contribution in [0.25, 0.3) is 11.0 Å². The number of nitrogens with zero attached hydrogens (tertiary/aromatic N) is 4. The maximum atomic E-state index is 13.3. The number of alkyl halides is 1. The quantitative estimate of drug-likeness (QED) is 0.655. The lowest BCUT2D eigenvalue weighted by molar-refractivity contribution is 0.524. The van der Waals surface area contributed by atoms with E-state index in [1.54, 1.807) is 12.3 Å². The molecule has 6 heteroatoms. The van der Waals surface area contributed by atoms with Crippen LogP contribution in [0.15, 0.2) is 36.7 Å². The number of hydrogen-bond acceptors (Lipinski definition) is 2. The molecule has 4 nitrogen and oxygen atoms in total. The van der Waals surface area contributed by atoms with Crippen LogP contribution >= 0.6 is 11.6 Å². The van der Waals surface area contributed by atoms with Crippen molar-refractivity contribution in [3.63, 3.8) is 0 Å². The predicted molar refractivity (Wildman–Crippen MR) is 81.0 cm³/mol. The number of rotatable bonds is 6. The van der Waals surface area contributed by atoms with E-state index in [0.29, 0.717) is 17.8 Å². The smallest absolute Gasteiger partial charge is 0.125 e. The van der Waals surface area contributed by atoms with Gasteiger partial charge in [-0.3, -0.25) is 4.68 Å². The molecule has 0 amide bonds. The molecule has 0 unspecified atom stereocenters. The maximum absolute atomic E-state index is 13.3. The fourth-order valence-electron chi connectivity index (χ4n) is 2.50. The van der Waals surface area contributed by atoms with Gasteiger partial charge < -0.3 is 4.57 Å². The molecular weight excluding hydrogens is 291 g/mol. The van der Waals surface area contributed by atoms with Crippen molar-refractivity contribution in [1.82, 2.24) is 19.3 Å². The second-order valence-electron chi connectivity index (χ2n) is 4.87. The summed E-state index contributed by atoms with van der Waals surface area (Å²) in [5.41, 5.74) is 1.64. The number of imidazole rings is 1. The van der Waals surface area contributed by atoms with Gasteiger partial charge in [0, 0.05) is 43.9 Å². The Labute approximate surface area is 127 Å². The topological polar surface area (TPSA) is 35.6 Å². The third-order valence-electron chi connectivity index (χ3n) is 3.44. The van der Waals surface area contributed by atoms with Gasteiger partial charge >= 0.3 is 0 Å². The largest absolute Gasteiger partial charge is 0.328 e. The second-order valence-corrected chi connectivity index (χ2v) is 5.25. The third kappa shape index (κ3) is 3.08. The minimum absolute atomic E-state index is 0.263. The van der Waals surface area contributed by atoms with Crippen LogP contribution in [0.5, 0.6) is 0 Å². The Balaban J connectivity index is 1.82. The summed E-state index contributed by atoms with van der Waals surface area (Å²) in [5.74, 6) is 1.15. The Morgan fingerprint density at radius 3 is 2.90 bits per heavy atom. The van der Waals surface area contributed by atoms with E-state index < -0.39 is 0 Å². The SMILES string of the molecule is Fc1ccc2c(c1)nc(CCCl)n2CCCn1cccn1. The van der Waals surface area contributed by atoms with Crippen LogP contribution in [0.4, 0.5) is 4.39 Å². The van der Waals surface area contributed by atoms with Gasteiger partial charge in [-0.05, 0) is 24.6 Å². The van der Waals surface area contributed by atoms with Crippen molar-refractivity contribution in [2.45, 2.75) is 25.9 Å². The van der Waals surface area contributed by atoms with Crippen molar-refractivity contribution in [3.05, 3.63) is 48.3 Å². The highest BCUT2D eigenvalue weighted by Gasteiger charge is 2.10. The van der Waals surface area contributed by atoms with Gasteiger partial charge in [0.25, 0.3) is 0 Å². The van der Waals surface area contributed by atoms with Crippen molar-refractivity contribution >= 4 is 22.6 Å². The molecule has 0 atom stereocenters. The minimum atomic E-state index is -0.263. The Morgan fingerprint density at radius 1 is 1.24 bits per heavy atom. The number of hydrogen-bond donors (Lipinski definition) is 0. The van der Waals surface area contributed by atoms with E-state index in [1.807, 2.05) is 16.9 Å². The van der Waals surface area contributed by atoms with E-state index in [0.717, 1.165) is 30.9 Å². The van der Waals surface area contributed by atoms with Crippen molar-refractivity contribution in [2.75, 3.05) is 5.88 Å². The molecule has 110 valence electrons. The molecule has 1 aromatic carbocycles. The lowest BCUT2D eigenvalue weighted by atomic mass is 10.3. The van der Waals surface area contributed by atoms with Crippen LogP contribution in [-0.4, -0.2) is 25.2 Å². The summed E-state index contributed by atoms with van der Waals surface area (Å²) in [4.78, 5) is 4.49. The van der Waals surface area contributed by atoms with Gasteiger partial charge in [-0.15, -0.1) is 11.6 Å². The maximum Gasteiger partial charge on any atom is 0.125 e. The number of benzene rings is 1. The molecule has 3 aromatic rings. The molecule has 0 radical (unpaired) electrons. The van der Waals surface area contributed by atoms with Gasteiger partial charge in [0.15, 0.2) is 0 Å². The van der Waals surface area contributed by atoms with Crippen molar-refractivity contribution in [1.29, 1.82) is 0 Å². The van der Waals surface area contributed by atoms with Gasteiger partial charge in [-0.2, -0.15) is 5.10 Å². The highest BCUT2D eigenvalue weighted by Crippen LogP contribution is 2.19. The van der Waals surface area contributed by atoms with E-state index in [4.69, 9.17) is 11.6 Å². The lowest BCUT2D eigenvalue weighted by Gasteiger charge is -2.08. The standard InChI is InChI=1S/C15H16ClFN4/c16-6-5-15-19-13-11-12(17)3-4-14(13)21(15)10-2-9-20-8-1-7-18-20/h1,3-4,7-8,11H,2,5-6,9-10H2. The molecular formula is C15H16ClFN4. The molecule has 0 fully saturated rings. The summed E-state index contributed by atoms with van der Waals surface area (Å²) in [5, 5.41) is 4.19. The first-order chi connectivity index (χ1) is 10.3. The number of halogens is 2. The highest BCUT2D eigenvalue weighted by molar-refractivity contribution is 6.17. The molecule has 21 heavy (non-hydrogen) atoms. The van der Waals surface area contributed by atoms with Crippen LogP contribution in [-0.2, 0) is 19.5 Å². The number of aryl methyl sites for hydroxylation is 3. The molecule has 2 heterocycles. The summed E-state index contributed by atoms with van der Waals surface area (Å²) in [6, 6.07) is 6.63. The molecule has 2 aromatic heterocycles. The van der Waals surface area contributed by atoms with E-state index in [2.05, 4.69) is 14.6 Å². The first-order valence-electron chi connectivity index (χ1n) is 6.96. The molecule has 0 aliphatic rings. The van der Waals surface area contributed by atoms with E-state index in [-0.39, 0.29) is 5.82 Å². The number of aromatic nitrogens is 4. The predicted octanol–water partition coefficient (Wildman–Crippen LogP) is 3.24. The minimum Gasteiger partial charge on any atom is -0.328 e. The molecule has 0 N–H and O–H groups in total. The van der Waals surface area contributed by atoms with Gasteiger partial charge in [-0.1, -0.05) is 0 Å². The molecule has 0 aliphatic carbocycles. The average molecular weight is 307 g/mol. The molecule has 0 saturated carbocycles. The lowest BCUT2D eigenvalue weighted by Crippen LogP contribution is -2.08. The van der Waals surface area contributed by atoms with Crippen LogP contribution in [0.2, 0.25) is 0 Å². The summed E-state index contributed by atoms with van der Waals surface area (Å²) < 4.78 is 17.3. The van der Waals surface area contributed by atoms with E-state index >= 15 is 0 Å². The molecule has 0 aliphatic heterocycles. The monoisotopic (exact) mass is 306 g/mol. The highest BCUT2D eigenvalue weighted by atomic mass is 35.5. The summed E-state index contributed by atoms with van der Waals surface area (Å²) >= 11 is 5.84. The average Bonchev–Trinajstić information content (AvgIpc) is 3.08.